The van der Waals surface area contributed by atoms with E-state index >= 15 is 0 Å². The van der Waals surface area contributed by atoms with Gasteiger partial charge < -0.3 is 14.8 Å². The second-order valence-corrected chi connectivity index (χ2v) is 5.49. The van der Waals surface area contributed by atoms with Crippen LogP contribution in [-0.2, 0) is 9.53 Å². The lowest BCUT2D eigenvalue weighted by Gasteiger charge is -2.11. The number of hydrogen-bond donors (Lipinski definition) is 1. The topological polar surface area (TPSA) is 47.6 Å². The molecule has 0 radical (unpaired) electrons. The van der Waals surface area contributed by atoms with Gasteiger partial charge in [0, 0.05) is 25.3 Å². The molecule has 0 heterocycles. The van der Waals surface area contributed by atoms with Crippen LogP contribution in [0.1, 0.15) is 20.3 Å². The van der Waals surface area contributed by atoms with Crippen molar-refractivity contribution in [1.29, 1.82) is 0 Å². The highest BCUT2D eigenvalue weighted by Gasteiger charge is 2.08. The summed E-state index contributed by atoms with van der Waals surface area (Å²) in [5, 5.41) is 2.86. The summed E-state index contributed by atoms with van der Waals surface area (Å²) in [5.74, 6) is 1.05. The van der Waals surface area contributed by atoms with Gasteiger partial charge in [0.2, 0.25) is 5.91 Å². The summed E-state index contributed by atoms with van der Waals surface area (Å²) in [6, 6.07) is 5.50. The maximum absolute atomic E-state index is 11.7. The summed E-state index contributed by atoms with van der Waals surface area (Å²) < 4.78 is 11.3. The van der Waals surface area contributed by atoms with Gasteiger partial charge in [-0.25, -0.2) is 0 Å². The molecule has 0 atom stereocenters. The van der Waals surface area contributed by atoms with Gasteiger partial charge in [0.15, 0.2) is 0 Å². The number of hydrogen-bond acceptors (Lipinski definition) is 3. The zero-order chi connectivity index (χ0) is 14.3. The first-order chi connectivity index (χ1) is 9.02. The van der Waals surface area contributed by atoms with E-state index in [1.165, 1.54) is 0 Å². The Morgan fingerprint density at radius 2 is 2.11 bits per heavy atom. The maximum Gasteiger partial charge on any atom is 0.224 e. The van der Waals surface area contributed by atoms with Crippen LogP contribution in [0.25, 0.3) is 0 Å². The van der Waals surface area contributed by atoms with Crippen LogP contribution in [0, 0.1) is 5.92 Å². The zero-order valence-electron chi connectivity index (χ0n) is 11.5. The number of halogens is 1. The van der Waals surface area contributed by atoms with Crippen molar-refractivity contribution >= 4 is 27.5 Å². The van der Waals surface area contributed by atoms with Crippen LogP contribution in [0.3, 0.4) is 0 Å². The first-order valence-electron chi connectivity index (χ1n) is 6.24. The van der Waals surface area contributed by atoms with Crippen LogP contribution < -0.4 is 10.1 Å². The highest BCUT2D eigenvalue weighted by atomic mass is 79.9. The summed E-state index contributed by atoms with van der Waals surface area (Å²) in [4.78, 5) is 11.7. The Balaban J connectivity index is 2.64. The Morgan fingerprint density at radius 3 is 2.74 bits per heavy atom. The standard InChI is InChI=1S/C14H20BrNO3/c1-10(2)8-14(17)16-11-4-5-12(15)13(9-11)19-7-6-18-3/h4-5,9-10H,6-8H2,1-3H3,(H,16,17). The van der Waals surface area contributed by atoms with Gasteiger partial charge in [-0.05, 0) is 34.0 Å². The Bertz CT molecular complexity index is 421. The molecule has 0 saturated heterocycles. The van der Waals surface area contributed by atoms with Crippen LogP contribution >= 0.6 is 15.9 Å². The molecule has 1 amide bonds. The third kappa shape index (κ3) is 6.07. The van der Waals surface area contributed by atoms with Crippen molar-refractivity contribution in [3.05, 3.63) is 22.7 Å². The lowest BCUT2D eigenvalue weighted by molar-refractivity contribution is -0.116. The van der Waals surface area contributed by atoms with E-state index in [2.05, 4.69) is 21.2 Å². The summed E-state index contributed by atoms with van der Waals surface area (Å²) >= 11 is 3.41. The molecule has 0 saturated carbocycles. The van der Waals surface area contributed by atoms with Gasteiger partial charge in [-0.2, -0.15) is 0 Å². The number of nitrogens with one attached hydrogen (secondary N) is 1. The second-order valence-electron chi connectivity index (χ2n) is 4.63. The van der Waals surface area contributed by atoms with Crippen molar-refractivity contribution in [2.24, 2.45) is 5.92 Å². The summed E-state index contributed by atoms with van der Waals surface area (Å²) in [6.45, 7) is 5.02. The van der Waals surface area contributed by atoms with Gasteiger partial charge in [-0.1, -0.05) is 13.8 Å². The van der Waals surface area contributed by atoms with Crippen LogP contribution in [-0.4, -0.2) is 26.2 Å². The molecule has 1 N–H and O–H groups in total. The van der Waals surface area contributed by atoms with Gasteiger partial charge in [0.1, 0.15) is 12.4 Å². The number of ether oxygens (including phenoxy) is 2. The molecule has 0 aliphatic carbocycles. The Labute approximate surface area is 122 Å². The molecule has 0 bridgehead atoms. The molecule has 0 fully saturated rings. The minimum atomic E-state index is 0.0140. The number of methoxy groups -OCH3 is 1. The first kappa shape index (κ1) is 16.0. The lowest BCUT2D eigenvalue weighted by Crippen LogP contribution is -2.14. The summed E-state index contributed by atoms with van der Waals surface area (Å²) in [7, 11) is 1.63. The van der Waals surface area contributed by atoms with Crippen molar-refractivity contribution in [1.82, 2.24) is 0 Å². The molecule has 1 aromatic rings. The number of benzene rings is 1. The molecule has 106 valence electrons. The van der Waals surface area contributed by atoms with Gasteiger partial charge in [0.25, 0.3) is 0 Å². The number of carbonyl (C=O) groups excluding carboxylic acids is 1. The summed E-state index contributed by atoms with van der Waals surface area (Å²) in [5.41, 5.74) is 0.737. The van der Waals surface area contributed by atoms with E-state index < -0.39 is 0 Å². The predicted molar refractivity (Wildman–Crippen MR) is 79.6 cm³/mol. The van der Waals surface area contributed by atoms with E-state index in [1.807, 2.05) is 26.0 Å². The SMILES string of the molecule is COCCOc1cc(NC(=O)CC(C)C)ccc1Br. The van der Waals surface area contributed by atoms with E-state index in [0.29, 0.717) is 31.3 Å². The number of rotatable bonds is 7. The Kier molecular flexibility index (Phi) is 6.87. The van der Waals surface area contributed by atoms with Crippen molar-refractivity contribution in [2.45, 2.75) is 20.3 Å². The number of amides is 1. The molecule has 0 unspecified atom stereocenters. The van der Waals surface area contributed by atoms with E-state index in [-0.39, 0.29) is 5.91 Å². The molecule has 0 aromatic heterocycles. The minimum Gasteiger partial charge on any atom is -0.490 e. The fourth-order valence-corrected chi connectivity index (χ4v) is 1.87. The maximum atomic E-state index is 11.7. The highest BCUT2D eigenvalue weighted by Crippen LogP contribution is 2.28. The van der Waals surface area contributed by atoms with Crippen LogP contribution in [0.5, 0.6) is 5.75 Å². The van der Waals surface area contributed by atoms with E-state index in [0.717, 1.165) is 10.2 Å². The summed E-state index contributed by atoms with van der Waals surface area (Å²) in [6.07, 6.45) is 0.510. The Morgan fingerprint density at radius 1 is 1.37 bits per heavy atom. The molecule has 1 aromatic carbocycles. The van der Waals surface area contributed by atoms with E-state index in [1.54, 1.807) is 13.2 Å². The van der Waals surface area contributed by atoms with Gasteiger partial charge in [-0.15, -0.1) is 0 Å². The molecule has 1 rings (SSSR count). The smallest absolute Gasteiger partial charge is 0.224 e. The van der Waals surface area contributed by atoms with E-state index in [4.69, 9.17) is 9.47 Å². The molecule has 5 heteroatoms. The van der Waals surface area contributed by atoms with Crippen molar-refractivity contribution in [2.75, 3.05) is 25.6 Å². The number of anilines is 1. The molecule has 4 nitrogen and oxygen atoms in total. The first-order valence-corrected chi connectivity index (χ1v) is 7.03. The number of carbonyl (C=O) groups is 1. The normalized spacial score (nSPS) is 10.6. The van der Waals surface area contributed by atoms with Crippen LogP contribution in [0.15, 0.2) is 22.7 Å². The largest absolute Gasteiger partial charge is 0.490 e. The van der Waals surface area contributed by atoms with E-state index in [9.17, 15) is 4.79 Å². The third-order valence-corrected chi connectivity index (χ3v) is 3.01. The molecule has 19 heavy (non-hydrogen) atoms. The lowest BCUT2D eigenvalue weighted by atomic mass is 10.1. The van der Waals surface area contributed by atoms with Crippen molar-refractivity contribution in [3.8, 4) is 5.75 Å². The van der Waals surface area contributed by atoms with Gasteiger partial charge >= 0.3 is 0 Å². The molecule has 0 aliphatic rings. The minimum absolute atomic E-state index is 0.0140. The predicted octanol–water partition coefficient (Wildman–Crippen LogP) is 3.46. The monoisotopic (exact) mass is 329 g/mol. The average molecular weight is 330 g/mol. The highest BCUT2D eigenvalue weighted by molar-refractivity contribution is 9.10. The Hall–Kier alpha value is -1.07. The quantitative estimate of drug-likeness (QED) is 0.779. The van der Waals surface area contributed by atoms with Crippen molar-refractivity contribution in [3.63, 3.8) is 0 Å². The molecule has 0 aliphatic heterocycles. The van der Waals surface area contributed by atoms with Gasteiger partial charge in [0.05, 0.1) is 11.1 Å². The third-order valence-electron chi connectivity index (χ3n) is 2.35. The molecule has 0 spiro atoms. The fraction of sp³-hybridized carbons (Fsp3) is 0.500. The second kappa shape index (κ2) is 8.17. The van der Waals surface area contributed by atoms with Crippen LogP contribution in [0.2, 0.25) is 0 Å². The average Bonchev–Trinajstić information content (AvgIpc) is 2.32. The van der Waals surface area contributed by atoms with Gasteiger partial charge in [-0.3, -0.25) is 4.79 Å². The molecular weight excluding hydrogens is 310 g/mol. The fourth-order valence-electron chi connectivity index (χ4n) is 1.51. The van der Waals surface area contributed by atoms with Crippen molar-refractivity contribution < 1.29 is 14.3 Å². The zero-order valence-corrected chi connectivity index (χ0v) is 13.1. The van der Waals surface area contributed by atoms with Crippen LogP contribution in [0.4, 0.5) is 5.69 Å². The molecular formula is C14H20BrNO3.